The summed E-state index contributed by atoms with van der Waals surface area (Å²) >= 11 is 9.94. The second kappa shape index (κ2) is 10.2. The Hall–Kier alpha value is -3.88. The predicted octanol–water partition coefficient (Wildman–Crippen LogP) is 6.67. The second-order valence-corrected chi connectivity index (χ2v) is 8.89. The molecule has 0 atom stereocenters. The van der Waals surface area contributed by atoms with Gasteiger partial charge in [0.1, 0.15) is 11.6 Å². The molecule has 3 aromatic heterocycles. The Balaban J connectivity index is 1.35. The number of carbonyl (C=O) groups is 1. The number of fused-ring (bicyclic) bond motifs is 1. The van der Waals surface area contributed by atoms with Crippen LogP contribution in [0.2, 0.25) is 5.02 Å². The Kier molecular flexibility index (Phi) is 6.65. The van der Waals surface area contributed by atoms with Crippen LogP contribution < -0.4 is 10.6 Å². The van der Waals surface area contributed by atoms with Gasteiger partial charge in [-0.3, -0.25) is 4.79 Å². The molecule has 0 unspecified atom stereocenters. The molecule has 35 heavy (non-hydrogen) atoms. The van der Waals surface area contributed by atoms with Gasteiger partial charge in [-0.15, -0.1) is 0 Å². The number of furan rings is 1. The summed E-state index contributed by atoms with van der Waals surface area (Å²) < 4.78 is 7.72. The first-order valence-corrected chi connectivity index (χ1v) is 11.9. The van der Waals surface area contributed by atoms with Gasteiger partial charge in [-0.2, -0.15) is 9.61 Å². The third kappa shape index (κ3) is 5.29. The van der Waals surface area contributed by atoms with Crippen LogP contribution in [0.3, 0.4) is 0 Å². The lowest BCUT2D eigenvalue weighted by Gasteiger charge is -2.12. The average Bonchev–Trinajstić information content (AvgIpc) is 3.52. The third-order valence-corrected chi connectivity index (χ3v) is 6.08. The van der Waals surface area contributed by atoms with Crippen molar-refractivity contribution in [1.82, 2.24) is 14.6 Å². The summed E-state index contributed by atoms with van der Waals surface area (Å²) in [5.41, 5.74) is 3.91. The van der Waals surface area contributed by atoms with Crippen LogP contribution in [0.25, 0.3) is 23.0 Å². The van der Waals surface area contributed by atoms with E-state index in [2.05, 4.69) is 31.7 Å². The fourth-order valence-corrected chi connectivity index (χ4v) is 4.13. The number of benzene rings is 2. The topological polar surface area (TPSA) is 84.5 Å². The normalized spacial score (nSPS) is 11.3. The molecule has 0 radical (unpaired) electrons. The maximum atomic E-state index is 12.3. The number of nitrogens with one attached hydrogen (secondary N) is 2. The molecule has 0 saturated heterocycles. The zero-order chi connectivity index (χ0) is 24.2. The van der Waals surface area contributed by atoms with Gasteiger partial charge < -0.3 is 15.1 Å². The first-order chi connectivity index (χ1) is 17.1. The zero-order valence-electron chi connectivity index (χ0n) is 18.3. The van der Waals surface area contributed by atoms with Gasteiger partial charge in [0.25, 0.3) is 0 Å². The third-order valence-electron chi connectivity index (χ3n) is 5.19. The lowest BCUT2D eigenvalue weighted by molar-refractivity contribution is -0.111. The van der Waals surface area contributed by atoms with Gasteiger partial charge in [0.2, 0.25) is 5.91 Å². The highest BCUT2D eigenvalue weighted by Crippen LogP contribution is 2.30. The summed E-state index contributed by atoms with van der Waals surface area (Å²) in [6.07, 6.45) is 6.32. The van der Waals surface area contributed by atoms with E-state index in [1.165, 1.54) is 6.08 Å². The number of hydrogen-bond acceptors (Lipinski definition) is 5. The molecule has 0 aliphatic carbocycles. The van der Waals surface area contributed by atoms with Crippen molar-refractivity contribution in [3.8, 4) is 11.3 Å². The van der Waals surface area contributed by atoms with Crippen molar-refractivity contribution in [1.29, 1.82) is 0 Å². The smallest absolute Gasteiger partial charge is 0.248 e. The van der Waals surface area contributed by atoms with E-state index in [1.807, 2.05) is 54.6 Å². The van der Waals surface area contributed by atoms with Gasteiger partial charge in [0.05, 0.1) is 22.6 Å². The standard InChI is InChI=1S/C26H19BrClN5O2/c27-21-16-30-33-24(14-23(32-26(21)33)20-8-1-2-9-22(20)28)29-15-17-5-3-6-18(13-17)31-25(34)11-10-19-7-4-12-35-19/h1-14,16,29H,15H2,(H,31,34)/b11-10+. The highest BCUT2D eigenvalue weighted by atomic mass is 79.9. The molecule has 0 bridgehead atoms. The number of aromatic nitrogens is 3. The summed E-state index contributed by atoms with van der Waals surface area (Å²) in [4.78, 5) is 17.0. The highest BCUT2D eigenvalue weighted by molar-refractivity contribution is 9.10. The number of nitrogens with zero attached hydrogens (tertiary/aromatic N) is 3. The summed E-state index contributed by atoms with van der Waals surface area (Å²) in [6.45, 7) is 0.504. The molecular formula is C26H19BrClN5O2. The summed E-state index contributed by atoms with van der Waals surface area (Å²) in [5.74, 6) is 1.13. The molecule has 1 amide bonds. The van der Waals surface area contributed by atoms with Crippen LogP contribution in [0.15, 0.2) is 94.2 Å². The molecule has 2 N–H and O–H groups in total. The summed E-state index contributed by atoms with van der Waals surface area (Å²) in [5, 5.41) is 11.3. The van der Waals surface area contributed by atoms with E-state index in [9.17, 15) is 4.79 Å². The molecule has 0 aliphatic heterocycles. The largest absolute Gasteiger partial charge is 0.465 e. The van der Waals surface area contributed by atoms with Crippen molar-refractivity contribution in [3.05, 3.63) is 106 Å². The lowest BCUT2D eigenvalue weighted by Crippen LogP contribution is -2.09. The van der Waals surface area contributed by atoms with E-state index >= 15 is 0 Å². The van der Waals surface area contributed by atoms with E-state index in [1.54, 1.807) is 35.2 Å². The van der Waals surface area contributed by atoms with Crippen molar-refractivity contribution < 1.29 is 9.21 Å². The van der Waals surface area contributed by atoms with Gasteiger partial charge in [-0.25, -0.2) is 4.98 Å². The minimum atomic E-state index is -0.242. The minimum Gasteiger partial charge on any atom is -0.465 e. The molecule has 7 nitrogen and oxygen atoms in total. The van der Waals surface area contributed by atoms with Crippen molar-refractivity contribution in [2.75, 3.05) is 10.6 Å². The van der Waals surface area contributed by atoms with E-state index in [-0.39, 0.29) is 5.91 Å². The molecule has 0 saturated carbocycles. The Labute approximate surface area is 214 Å². The van der Waals surface area contributed by atoms with Crippen LogP contribution in [-0.4, -0.2) is 20.5 Å². The van der Waals surface area contributed by atoms with Gasteiger partial charge in [0, 0.05) is 35.0 Å². The summed E-state index contributed by atoms with van der Waals surface area (Å²) in [7, 11) is 0. The number of anilines is 2. The van der Waals surface area contributed by atoms with E-state index in [4.69, 9.17) is 21.0 Å². The Morgan fingerprint density at radius 3 is 2.83 bits per heavy atom. The fourth-order valence-electron chi connectivity index (χ4n) is 3.55. The van der Waals surface area contributed by atoms with E-state index in [0.29, 0.717) is 28.7 Å². The predicted molar refractivity (Wildman–Crippen MR) is 141 cm³/mol. The van der Waals surface area contributed by atoms with E-state index < -0.39 is 0 Å². The second-order valence-electron chi connectivity index (χ2n) is 7.63. The first-order valence-electron chi connectivity index (χ1n) is 10.7. The Bertz CT molecular complexity index is 1530. The lowest BCUT2D eigenvalue weighted by atomic mass is 10.1. The van der Waals surface area contributed by atoms with Crippen molar-refractivity contribution >= 4 is 56.7 Å². The van der Waals surface area contributed by atoms with Crippen molar-refractivity contribution in [3.63, 3.8) is 0 Å². The van der Waals surface area contributed by atoms with Crippen molar-refractivity contribution in [2.24, 2.45) is 0 Å². The quantitative estimate of drug-likeness (QED) is 0.222. The first kappa shape index (κ1) is 22.9. The molecular weight excluding hydrogens is 530 g/mol. The maximum absolute atomic E-state index is 12.3. The van der Waals surface area contributed by atoms with Gasteiger partial charge in [-0.05, 0) is 57.9 Å². The Morgan fingerprint density at radius 2 is 2.00 bits per heavy atom. The van der Waals surface area contributed by atoms with Gasteiger partial charge in [0.15, 0.2) is 5.65 Å². The molecule has 5 rings (SSSR count). The van der Waals surface area contributed by atoms with Crippen molar-refractivity contribution in [2.45, 2.75) is 6.54 Å². The molecule has 5 aromatic rings. The van der Waals surface area contributed by atoms with Crippen LogP contribution in [0.5, 0.6) is 0 Å². The molecule has 0 spiro atoms. The van der Waals surface area contributed by atoms with Crippen LogP contribution in [0, 0.1) is 0 Å². The fraction of sp³-hybridized carbons (Fsp3) is 0.0385. The minimum absolute atomic E-state index is 0.242. The monoisotopic (exact) mass is 547 g/mol. The number of halogens is 2. The molecule has 3 heterocycles. The Morgan fingerprint density at radius 1 is 1.11 bits per heavy atom. The molecule has 2 aromatic carbocycles. The molecule has 0 aliphatic rings. The average molecular weight is 549 g/mol. The summed E-state index contributed by atoms with van der Waals surface area (Å²) in [6, 6.07) is 20.7. The molecule has 174 valence electrons. The zero-order valence-corrected chi connectivity index (χ0v) is 20.6. The van der Waals surface area contributed by atoms with Gasteiger partial charge in [-0.1, -0.05) is 41.9 Å². The van der Waals surface area contributed by atoms with E-state index in [0.717, 1.165) is 27.1 Å². The highest BCUT2D eigenvalue weighted by Gasteiger charge is 2.13. The van der Waals surface area contributed by atoms with Gasteiger partial charge >= 0.3 is 0 Å². The maximum Gasteiger partial charge on any atom is 0.248 e. The number of carbonyl (C=O) groups excluding carboxylic acids is 1. The van der Waals surface area contributed by atoms with Crippen LogP contribution in [-0.2, 0) is 11.3 Å². The molecule has 0 fully saturated rings. The van der Waals surface area contributed by atoms with Crippen LogP contribution >= 0.6 is 27.5 Å². The molecule has 9 heteroatoms. The van der Waals surface area contributed by atoms with Crippen LogP contribution in [0.4, 0.5) is 11.5 Å². The number of hydrogen-bond donors (Lipinski definition) is 2. The number of rotatable bonds is 7. The van der Waals surface area contributed by atoms with Crippen LogP contribution in [0.1, 0.15) is 11.3 Å². The number of amides is 1. The SMILES string of the molecule is O=C(/C=C/c1ccco1)Nc1cccc(CNc2cc(-c3ccccc3Cl)nc3c(Br)cnn23)c1.